The second-order valence-corrected chi connectivity index (χ2v) is 4.28. The smallest absolute Gasteiger partial charge is 0.312 e. The molecule has 0 amide bonds. The molecule has 2 unspecified atom stereocenters. The van der Waals surface area contributed by atoms with Crippen LogP contribution in [0, 0.1) is 11.8 Å². The normalized spacial score (nSPS) is 22.1. The van der Waals surface area contributed by atoms with Gasteiger partial charge in [-0.1, -0.05) is 0 Å². The third kappa shape index (κ3) is 2.39. The topological polar surface area (TPSA) is 93.1 Å². The molecule has 0 spiro atoms. The largest absolute Gasteiger partial charge is 0.504 e. The molecule has 1 aliphatic heterocycles. The molecule has 2 N–H and O–H groups in total. The number of Topliss-reactive ketones (excluding diaryl/α,β-unsaturated/α-hetero) is 1. The Morgan fingerprint density at radius 2 is 2.26 bits per heavy atom. The Kier molecular flexibility index (Phi) is 3.71. The van der Waals surface area contributed by atoms with Crippen molar-refractivity contribution in [1.82, 2.24) is 0 Å². The highest BCUT2D eigenvalue weighted by atomic mass is 16.5. The first-order valence-corrected chi connectivity index (χ1v) is 5.77. The molecule has 19 heavy (non-hydrogen) atoms. The number of ether oxygens (including phenoxy) is 2. The molecule has 1 aliphatic rings. The van der Waals surface area contributed by atoms with Gasteiger partial charge in [0.05, 0.1) is 25.6 Å². The van der Waals surface area contributed by atoms with E-state index in [9.17, 15) is 14.7 Å². The summed E-state index contributed by atoms with van der Waals surface area (Å²) in [6.07, 6.45) is 0. The Hall–Kier alpha value is -2.08. The van der Waals surface area contributed by atoms with E-state index in [4.69, 9.17) is 14.6 Å². The van der Waals surface area contributed by atoms with Crippen LogP contribution in [0.25, 0.3) is 0 Å². The Bertz CT molecular complexity index is 510. The lowest BCUT2D eigenvalue weighted by Gasteiger charge is -2.12. The van der Waals surface area contributed by atoms with E-state index in [1.165, 1.54) is 25.3 Å². The number of cyclic esters (lactones) is 1. The van der Waals surface area contributed by atoms with Crippen molar-refractivity contribution in [3.05, 3.63) is 23.8 Å². The van der Waals surface area contributed by atoms with E-state index in [2.05, 4.69) is 0 Å². The summed E-state index contributed by atoms with van der Waals surface area (Å²) in [4.78, 5) is 23.6. The van der Waals surface area contributed by atoms with Crippen LogP contribution in [0.3, 0.4) is 0 Å². The molecule has 0 saturated carbocycles. The molecule has 102 valence electrons. The van der Waals surface area contributed by atoms with Crippen LogP contribution in [0.1, 0.15) is 10.4 Å². The van der Waals surface area contributed by atoms with E-state index >= 15 is 0 Å². The number of phenolic OH excluding ortho intramolecular Hbond substituents is 1. The van der Waals surface area contributed by atoms with E-state index in [1.807, 2.05) is 0 Å². The summed E-state index contributed by atoms with van der Waals surface area (Å²) in [5.74, 6) is -2.30. The maximum absolute atomic E-state index is 12.3. The summed E-state index contributed by atoms with van der Waals surface area (Å²) < 4.78 is 9.71. The molecule has 1 aromatic carbocycles. The number of aliphatic hydroxyl groups is 1. The molecule has 6 nitrogen and oxygen atoms in total. The molecule has 2 rings (SSSR count). The van der Waals surface area contributed by atoms with Crippen LogP contribution in [0.4, 0.5) is 0 Å². The van der Waals surface area contributed by atoms with E-state index in [0.717, 1.165) is 0 Å². The maximum atomic E-state index is 12.3. The SMILES string of the molecule is COc1cc(C(=O)C2COC(=O)C2CO)ccc1O. The first kappa shape index (κ1) is 13.4. The summed E-state index contributed by atoms with van der Waals surface area (Å²) in [6, 6.07) is 4.18. The summed E-state index contributed by atoms with van der Waals surface area (Å²) in [5, 5.41) is 18.6. The third-order valence-corrected chi connectivity index (χ3v) is 3.19. The second kappa shape index (κ2) is 5.27. The van der Waals surface area contributed by atoms with Crippen LogP contribution in [0.15, 0.2) is 18.2 Å². The van der Waals surface area contributed by atoms with Crippen molar-refractivity contribution in [2.45, 2.75) is 0 Å². The Balaban J connectivity index is 2.27. The van der Waals surface area contributed by atoms with Crippen molar-refractivity contribution in [3.8, 4) is 11.5 Å². The molecule has 2 atom stereocenters. The number of ketones is 1. The van der Waals surface area contributed by atoms with Crippen LogP contribution in [-0.4, -0.2) is 42.3 Å². The number of phenols is 1. The Morgan fingerprint density at radius 3 is 2.89 bits per heavy atom. The lowest BCUT2D eigenvalue weighted by molar-refractivity contribution is -0.142. The van der Waals surface area contributed by atoms with Gasteiger partial charge in [0.15, 0.2) is 17.3 Å². The van der Waals surface area contributed by atoms with Gasteiger partial charge in [-0.05, 0) is 18.2 Å². The van der Waals surface area contributed by atoms with Gasteiger partial charge in [0.25, 0.3) is 0 Å². The highest BCUT2D eigenvalue weighted by molar-refractivity contribution is 6.01. The summed E-state index contributed by atoms with van der Waals surface area (Å²) in [5.41, 5.74) is 0.302. The molecule has 1 aromatic rings. The van der Waals surface area contributed by atoms with Crippen molar-refractivity contribution in [2.75, 3.05) is 20.3 Å². The van der Waals surface area contributed by atoms with Gasteiger partial charge < -0.3 is 19.7 Å². The van der Waals surface area contributed by atoms with Gasteiger partial charge in [-0.2, -0.15) is 0 Å². The van der Waals surface area contributed by atoms with Crippen LogP contribution in [0.5, 0.6) is 11.5 Å². The van der Waals surface area contributed by atoms with Gasteiger partial charge in [0.1, 0.15) is 6.61 Å². The number of carbonyl (C=O) groups excluding carboxylic acids is 2. The summed E-state index contributed by atoms with van der Waals surface area (Å²) in [6.45, 7) is -0.462. The minimum atomic E-state index is -0.827. The van der Waals surface area contributed by atoms with Gasteiger partial charge in [-0.3, -0.25) is 9.59 Å². The lowest BCUT2D eigenvalue weighted by Crippen LogP contribution is -2.27. The molecule has 1 fully saturated rings. The molecular formula is C13H14O6. The molecule has 0 radical (unpaired) electrons. The molecular weight excluding hydrogens is 252 g/mol. The van der Waals surface area contributed by atoms with Crippen LogP contribution >= 0.6 is 0 Å². The zero-order chi connectivity index (χ0) is 14.0. The quantitative estimate of drug-likeness (QED) is 0.604. The van der Waals surface area contributed by atoms with E-state index < -0.39 is 24.4 Å². The van der Waals surface area contributed by atoms with Gasteiger partial charge >= 0.3 is 5.97 Å². The number of esters is 1. The Morgan fingerprint density at radius 1 is 1.53 bits per heavy atom. The molecule has 6 heteroatoms. The van der Waals surface area contributed by atoms with Crippen LogP contribution in [-0.2, 0) is 9.53 Å². The van der Waals surface area contributed by atoms with Crippen LogP contribution in [0.2, 0.25) is 0 Å². The number of benzene rings is 1. The fraction of sp³-hybridized carbons (Fsp3) is 0.385. The van der Waals surface area contributed by atoms with Gasteiger partial charge in [-0.25, -0.2) is 0 Å². The predicted octanol–water partition coefficient (Wildman–Crippen LogP) is 0.365. The van der Waals surface area contributed by atoms with Crippen molar-refractivity contribution in [2.24, 2.45) is 11.8 Å². The molecule has 1 saturated heterocycles. The van der Waals surface area contributed by atoms with E-state index in [-0.39, 0.29) is 23.9 Å². The molecule has 0 bridgehead atoms. The lowest BCUT2D eigenvalue weighted by atomic mass is 9.88. The summed E-state index contributed by atoms with van der Waals surface area (Å²) >= 11 is 0. The molecule has 0 aliphatic carbocycles. The summed E-state index contributed by atoms with van der Waals surface area (Å²) in [7, 11) is 1.38. The van der Waals surface area contributed by atoms with E-state index in [1.54, 1.807) is 0 Å². The fourth-order valence-corrected chi connectivity index (χ4v) is 2.06. The average molecular weight is 266 g/mol. The van der Waals surface area contributed by atoms with Gasteiger partial charge in [0.2, 0.25) is 0 Å². The first-order valence-electron chi connectivity index (χ1n) is 5.77. The minimum Gasteiger partial charge on any atom is -0.504 e. The highest BCUT2D eigenvalue weighted by Crippen LogP contribution is 2.30. The maximum Gasteiger partial charge on any atom is 0.312 e. The third-order valence-electron chi connectivity index (χ3n) is 3.19. The number of hydrogen-bond donors (Lipinski definition) is 2. The number of aromatic hydroxyl groups is 1. The second-order valence-electron chi connectivity index (χ2n) is 4.28. The van der Waals surface area contributed by atoms with E-state index in [0.29, 0.717) is 5.56 Å². The Labute approximate surface area is 109 Å². The van der Waals surface area contributed by atoms with Gasteiger partial charge in [0, 0.05) is 5.56 Å². The van der Waals surface area contributed by atoms with Crippen molar-refractivity contribution >= 4 is 11.8 Å². The zero-order valence-electron chi connectivity index (χ0n) is 10.3. The number of methoxy groups -OCH3 is 1. The van der Waals surface area contributed by atoms with Crippen molar-refractivity contribution in [1.29, 1.82) is 0 Å². The van der Waals surface area contributed by atoms with Crippen LogP contribution < -0.4 is 4.74 Å². The molecule has 0 aromatic heterocycles. The number of rotatable bonds is 4. The highest BCUT2D eigenvalue weighted by Gasteiger charge is 2.41. The minimum absolute atomic E-state index is 0.0356. The predicted molar refractivity (Wildman–Crippen MR) is 64.0 cm³/mol. The monoisotopic (exact) mass is 266 g/mol. The standard InChI is InChI=1S/C13H14O6/c1-18-11-4-7(2-3-10(11)15)12(16)9-6-19-13(17)8(9)5-14/h2-4,8-9,14-15H,5-6H2,1H3. The van der Waals surface area contributed by atoms with Crippen molar-refractivity contribution in [3.63, 3.8) is 0 Å². The first-order chi connectivity index (χ1) is 9.08. The van der Waals surface area contributed by atoms with Gasteiger partial charge in [-0.15, -0.1) is 0 Å². The average Bonchev–Trinajstić information content (AvgIpc) is 2.79. The zero-order valence-corrected chi connectivity index (χ0v) is 10.3. The fourth-order valence-electron chi connectivity index (χ4n) is 2.06. The number of hydrogen-bond acceptors (Lipinski definition) is 6. The molecule has 1 heterocycles. The van der Waals surface area contributed by atoms with Crippen molar-refractivity contribution < 1.29 is 29.3 Å². The number of aliphatic hydroxyl groups excluding tert-OH is 1. The number of carbonyl (C=O) groups is 2.